The molecule has 0 spiro atoms. The fourth-order valence-corrected chi connectivity index (χ4v) is 3.33. The molecular formula is C16H25ClFN3. The summed E-state index contributed by atoms with van der Waals surface area (Å²) in [4.78, 5) is 2.47. The van der Waals surface area contributed by atoms with E-state index in [0.29, 0.717) is 6.42 Å². The van der Waals surface area contributed by atoms with Crippen molar-refractivity contribution < 1.29 is 4.39 Å². The number of halogens is 2. The van der Waals surface area contributed by atoms with Gasteiger partial charge in [-0.25, -0.2) is 4.39 Å². The number of piperidine rings is 1. The Morgan fingerprint density at radius 1 is 1.33 bits per heavy atom. The number of likely N-dealkylation sites (tertiary alicyclic amines) is 1. The average Bonchev–Trinajstić information content (AvgIpc) is 2.49. The van der Waals surface area contributed by atoms with Crippen molar-refractivity contribution in [3.63, 3.8) is 0 Å². The number of nitrogens with one attached hydrogen (secondary N) is 1. The van der Waals surface area contributed by atoms with Crippen LogP contribution < -0.4 is 11.3 Å². The van der Waals surface area contributed by atoms with E-state index < -0.39 is 0 Å². The molecule has 1 atom stereocenters. The number of nitrogens with two attached hydrogens (primary N) is 1. The predicted molar refractivity (Wildman–Crippen MR) is 85.7 cm³/mol. The Hall–Kier alpha value is -0.680. The SMILES string of the molecule is CC(C)(C(Cc1cccc(F)c1Cl)NN)N1CCCCC1. The molecule has 0 bridgehead atoms. The summed E-state index contributed by atoms with van der Waals surface area (Å²) < 4.78 is 13.6. The average molecular weight is 314 g/mol. The molecule has 0 radical (unpaired) electrons. The van der Waals surface area contributed by atoms with Crippen LogP contribution in [0.1, 0.15) is 38.7 Å². The van der Waals surface area contributed by atoms with Crippen LogP contribution in [-0.2, 0) is 6.42 Å². The Bertz CT molecular complexity index is 473. The number of hydrogen-bond acceptors (Lipinski definition) is 3. The molecule has 1 unspecified atom stereocenters. The third-order valence-corrected chi connectivity index (χ3v) is 5.10. The van der Waals surface area contributed by atoms with E-state index in [9.17, 15) is 4.39 Å². The Morgan fingerprint density at radius 2 is 2.00 bits per heavy atom. The van der Waals surface area contributed by atoms with Crippen molar-refractivity contribution in [2.75, 3.05) is 13.1 Å². The molecule has 2 rings (SSSR count). The van der Waals surface area contributed by atoms with Gasteiger partial charge in [0.05, 0.1) is 5.02 Å². The molecule has 21 heavy (non-hydrogen) atoms. The van der Waals surface area contributed by atoms with Crippen molar-refractivity contribution in [3.8, 4) is 0 Å². The van der Waals surface area contributed by atoms with Crippen LogP contribution in [-0.4, -0.2) is 29.6 Å². The molecule has 3 N–H and O–H groups in total. The summed E-state index contributed by atoms with van der Waals surface area (Å²) in [5.74, 6) is 5.41. The molecule has 1 aliphatic heterocycles. The van der Waals surface area contributed by atoms with E-state index in [0.717, 1.165) is 18.7 Å². The van der Waals surface area contributed by atoms with Crippen molar-refractivity contribution in [1.82, 2.24) is 10.3 Å². The van der Waals surface area contributed by atoms with Crippen molar-refractivity contribution >= 4 is 11.6 Å². The second kappa shape index (κ2) is 7.05. The van der Waals surface area contributed by atoms with Gasteiger partial charge in [-0.1, -0.05) is 30.2 Å². The lowest BCUT2D eigenvalue weighted by Gasteiger charge is -2.46. The highest BCUT2D eigenvalue weighted by Crippen LogP contribution is 2.28. The lowest BCUT2D eigenvalue weighted by Crippen LogP contribution is -2.61. The standard InChI is InChI=1S/C16H25ClFN3/c1-16(2,21-9-4-3-5-10-21)14(20-19)11-12-7-6-8-13(18)15(12)17/h6-8,14,20H,3-5,9-11,19H2,1-2H3. The highest BCUT2D eigenvalue weighted by atomic mass is 35.5. The molecule has 118 valence electrons. The zero-order chi connectivity index (χ0) is 15.5. The quantitative estimate of drug-likeness (QED) is 0.648. The monoisotopic (exact) mass is 313 g/mol. The molecule has 0 amide bonds. The van der Waals surface area contributed by atoms with E-state index in [4.69, 9.17) is 17.4 Å². The van der Waals surface area contributed by atoms with Gasteiger partial charge in [-0.2, -0.15) is 0 Å². The number of hydrazine groups is 1. The fourth-order valence-electron chi connectivity index (χ4n) is 3.13. The van der Waals surface area contributed by atoms with E-state index in [1.165, 1.54) is 25.3 Å². The van der Waals surface area contributed by atoms with Crippen LogP contribution in [0.15, 0.2) is 18.2 Å². The van der Waals surface area contributed by atoms with Gasteiger partial charge in [-0.05, 0) is 57.8 Å². The lowest BCUT2D eigenvalue weighted by atomic mass is 9.86. The zero-order valence-corrected chi connectivity index (χ0v) is 13.6. The summed E-state index contributed by atoms with van der Waals surface area (Å²) in [7, 11) is 0. The summed E-state index contributed by atoms with van der Waals surface area (Å²) in [5.41, 5.74) is 3.60. The third kappa shape index (κ3) is 3.75. The van der Waals surface area contributed by atoms with Crippen LogP contribution >= 0.6 is 11.6 Å². The first-order valence-corrected chi connectivity index (χ1v) is 7.98. The second-order valence-corrected chi connectivity index (χ2v) is 6.72. The van der Waals surface area contributed by atoms with Crippen LogP contribution in [0, 0.1) is 5.82 Å². The maximum atomic E-state index is 13.6. The van der Waals surface area contributed by atoms with Gasteiger partial charge in [0.15, 0.2) is 0 Å². The van der Waals surface area contributed by atoms with Crippen molar-refractivity contribution in [3.05, 3.63) is 34.6 Å². The van der Waals surface area contributed by atoms with Gasteiger partial charge >= 0.3 is 0 Å². The van der Waals surface area contributed by atoms with Gasteiger partial charge in [0.25, 0.3) is 0 Å². The first-order valence-electron chi connectivity index (χ1n) is 7.61. The van der Waals surface area contributed by atoms with Crippen molar-refractivity contribution in [2.24, 2.45) is 5.84 Å². The van der Waals surface area contributed by atoms with Crippen LogP contribution in [0.3, 0.4) is 0 Å². The van der Waals surface area contributed by atoms with E-state index >= 15 is 0 Å². The van der Waals surface area contributed by atoms with E-state index in [-0.39, 0.29) is 22.4 Å². The van der Waals surface area contributed by atoms with Gasteiger partial charge in [0.2, 0.25) is 0 Å². The molecule has 1 aliphatic rings. The molecule has 1 fully saturated rings. The summed E-state index contributed by atoms with van der Waals surface area (Å²) in [6, 6.07) is 4.95. The molecular weight excluding hydrogens is 289 g/mol. The Morgan fingerprint density at radius 3 is 2.62 bits per heavy atom. The third-order valence-electron chi connectivity index (χ3n) is 4.68. The Kier molecular flexibility index (Phi) is 5.60. The maximum absolute atomic E-state index is 13.6. The van der Waals surface area contributed by atoms with E-state index in [1.807, 2.05) is 6.07 Å². The minimum Gasteiger partial charge on any atom is -0.297 e. The van der Waals surface area contributed by atoms with Crippen molar-refractivity contribution in [2.45, 2.75) is 51.1 Å². The maximum Gasteiger partial charge on any atom is 0.142 e. The Balaban J connectivity index is 2.16. The summed E-state index contributed by atoms with van der Waals surface area (Å²) in [6.07, 6.45) is 4.35. The Labute approximate surface area is 131 Å². The normalized spacial score (nSPS) is 18.7. The number of hydrogen-bond donors (Lipinski definition) is 2. The van der Waals surface area contributed by atoms with Crippen LogP contribution in [0.4, 0.5) is 4.39 Å². The molecule has 1 aromatic carbocycles. The van der Waals surface area contributed by atoms with Gasteiger partial charge < -0.3 is 0 Å². The first kappa shape index (κ1) is 16.7. The van der Waals surface area contributed by atoms with Gasteiger partial charge in [-0.3, -0.25) is 16.2 Å². The molecule has 0 saturated carbocycles. The van der Waals surface area contributed by atoms with Crippen LogP contribution in [0.5, 0.6) is 0 Å². The van der Waals surface area contributed by atoms with E-state index in [2.05, 4.69) is 24.2 Å². The molecule has 0 aromatic heterocycles. The highest BCUT2D eigenvalue weighted by Gasteiger charge is 2.35. The van der Waals surface area contributed by atoms with Gasteiger partial charge in [0.1, 0.15) is 5.82 Å². The molecule has 3 nitrogen and oxygen atoms in total. The second-order valence-electron chi connectivity index (χ2n) is 6.34. The van der Waals surface area contributed by atoms with Crippen LogP contribution in [0.25, 0.3) is 0 Å². The molecule has 5 heteroatoms. The van der Waals surface area contributed by atoms with Crippen molar-refractivity contribution in [1.29, 1.82) is 0 Å². The number of rotatable bonds is 5. The molecule has 1 heterocycles. The summed E-state index contributed by atoms with van der Waals surface area (Å²) in [5, 5.41) is 0.201. The lowest BCUT2D eigenvalue weighted by molar-refractivity contribution is 0.0611. The predicted octanol–water partition coefficient (Wildman–Crippen LogP) is 3.12. The molecule has 0 aliphatic carbocycles. The number of benzene rings is 1. The zero-order valence-electron chi connectivity index (χ0n) is 12.8. The summed E-state index contributed by atoms with van der Waals surface area (Å²) in [6.45, 7) is 6.55. The summed E-state index contributed by atoms with van der Waals surface area (Å²) >= 11 is 6.07. The minimum absolute atomic E-state index is 0.00917. The smallest absolute Gasteiger partial charge is 0.142 e. The molecule has 1 aromatic rings. The fraction of sp³-hybridized carbons (Fsp3) is 0.625. The number of nitrogens with zero attached hydrogens (tertiary/aromatic N) is 1. The molecule has 1 saturated heterocycles. The first-order chi connectivity index (χ1) is 9.96. The minimum atomic E-state index is -0.374. The topological polar surface area (TPSA) is 41.3 Å². The highest BCUT2D eigenvalue weighted by molar-refractivity contribution is 6.31. The van der Waals surface area contributed by atoms with E-state index in [1.54, 1.807) is 6.07 Å². The van der Waals surface area contributed by atoms with Gasteiger partial charge in [0, 0.05) is 11.6 Å². The van der Waals surface area contributed by atoms with Gasteiger partial charge in [-0.15, -0.1) is 0 Å². The largest absolute Gasteiger partial charge is 0.297 e. The van der Waals surface area contributed by atoms with Crippen LogP contribution in [0.2, 0.25) is 5.02 Å².